The fraction of sp³-hybridized carbons (Fsp3) is 0.556. The van der Waals surface area contributed by atoms with Crippen LogP contribution in [0.2, 0.25) is 0 Å². The van der Waals surface area contributed by atoms with Crippen molar-refractivity contribution in [1.82, 2.24) is 4.90 Å². The van der Waals surface area contributed by atoms with Gasteiger partial charge in [-0.15, -0.1) is 0 Å². The van der Waals surface area contributed by atoms with Crippen molar-refractivity contribution in [3.63, 3.8) is 0 Å². The minimum Gasteiger partial charge on any atom is -0.494 e. The van der Waals surface area contributed by atoms with Gasteiger partial charge in [-0.1, -0.05) is 0 Å². The predicted molar refractivity (Wildman–Crippen MR) is 92.6 cm³/mol. The summed E-state index contributed by atoms with van der Waals surface area (Å²) in [5, 5.41) is 9.54. The third-order valence-corrected chi connectivity index (χ3v) is 3.68. The Morgan fingerprint density at radius 3 is 2.16 bits per heavy atom. The van der Waals surface area contributed by atoms with E-state index in [1.807, 2.05) is 6.92 Å². The van der Waals surface area contributed by atoms with E-state index in [0.29, 0.717) is 12.4 Å². The summed E-state index contributed by atoms with van der Waals surface area (Å²) in [4.78, 5) is 25.3. The molecule has 1 aromatic rings. The molecule has 0 aliphatic rings. The van der Waals surface area contributed by atoms with Crippen LogP contribution in [0.15, 0.2) is 24.3 Å². The number of carbonyl (C=O) groups is 2. The summed E-state index contributed by atoms with van der Waals surface area (Å²) in [5.41, 5.74) is -0.812. The van der Waals surface area contributed by atoms with Gasteiger partial charge in [0.05, 0.1) is 32.3 Å². The second-order valence-electron chi connectivity index (χ2n) is 6.04. The summed E-state index contributed by atoms with van der Waals surface area (Å²) in [6, 6.07) is 6.95. The van der Waals surface area contributed by atoms with Gasteiger partial charge in [0.15, 0.2) is 6.61 Å². The number of amides is 1. The van der Waals surface area contributed by atoms with Crippen LogP contribution in [0.1, 0.15) is 27.2 Å². The molecule has 0 aromatic heterocycles. The lowest BCUT2D eigenvalue weighted by Crippen LogP contribution is -2.52. The number of nitrogens with zero attached hydrogens (tertiary/aromatic N) is 1. The lowest BCUT2D eigenvalue weighted by atomic mass is 10.0. The lowest BCUT2D eigenvalue weighted by molar-refractivity contribution is -0.145. The van der Waals surface area contributed by atoms with Crippen LogP contribution in [0.3, 0.4) is 0 Å². The Hall–Kier alpha value is -2.28. The molecular formula is C18H27NO6. The molecule has 140 valence electrons. The quantitative estimate of drug-likeness (QED) is 0.644. The molecule has 0 atom stereocenters. The van der Waals surface area contributed by atoms with Crippen molar-refractivity contribution in [2.24, 2.45) is 0 Å². The fourth-order valence-electron chi connectivity index (χ4n) is 2.18. The Balaban J connectivity index is 2.68. The number of aliphatic hydroxyl groups excluding tert-OH is 1. The molecule has 0 unspecified atom stereocenters. The van der Waals surface area contributed by atoms with Gasteiger partial charge in [0.25, 0.3) is 5.91 Å². The maximum Gasteiger partial charge on any atom is 0.307 e. The van der Waals surface area contributed by atoms with Crippen LogP contribution in [-0.2, 0) is 14.3 Å². The van der Waals surface area contributed by atoms with Crippen LogP contribution in [-0.4, -0.2) is 60.9 Å². The van der Waals surface area contributed by atoms with Gasteiger partial charge in [0, 0.05) is 6.54 Å². The second kappa shape index (κ2) is 9.88. The van der Waals surface area contributed by atoms with Crippen molar-refractivity contribution in [3.8, 4) is 11.5 Å². The largest absolute Gasteiger partial charge is 0.494 e. The molecule has 1 aromatic carbocycles. The summed E-state index contributed by atoms with van der Waals surface area (Å²) < 4.78 is 15.5. The highest BCUT2D eigenvalue weighted by molar-refractivity contribution is 5.79. The van der Waals surface area contributed by atoms with Crippen LogP contribution < -0.4 is 9.47 Å². The molecule has 7 nitrogen and oxygen atoms in total. The highest BCUT2D eigenvalue weighted by Gasteiger charge is 2.30. The number of ether oxygens (including phenoxy) is 3. The van der Waals surface area contributed by atoms with Crippen molar-refractivity contribution < 1.29 is 28.9 Å². The normalized spacial score (nSPS) is 10.9. The van der Waals surface area contributed by atoms with Crippen molar-refractivity contribution >= 4 is 11.9 Å². The molecule has 0 aliphatic carbocycles. The molecule has 0 fully saturated rings. The van der Waals surface area contributed by atoms with Crippen LogP contribution in [0.25, 0.3) is 0 Å². The van der Waals surface area contributed by atoms with Crippen LogP contribution >= 0.6 is 0 Å². The van der Waals surface area contributed by atoms with Crippen LogP contribution in [0.4, 0.5) is 0 Å². The van der Waals surface area contributed by atoms with Crippen LogP contribution in [0, 0.1) is 0 Å². The average Bonchev–Trinajstić information content (AvgIpc) is 2.61. The third-order valence-electron chi connectivity index (χ3n) is 3.68. The van der Waals surface area contributed by atoms with Gasteiger partial charge in [-0.05, 0) is 45.0 Å². The molecule has 0 heterocycles. The van der Waals surface area contributed by atoms with Gasteiger partial charge in [-0.3, -0.25) is 9.59 Å². The van der Waals surface area contributed by atoms with Crippen LogP contribution in [0.5, 0.6) is 11.5 Å². The maximum absolute atomic E-state index is 12.5. The zero-order valence-electron chi connectivity index (χ0n) is 15.3. The summed E-state index contributed by atoms with van der Waals surface area (Å²) in [6.07, 6.45) is 0.0503. The molecule has 1 N–H and O–H groups in total. The number of aliphatic hydroxyl groups is 1. The predicted octanol–water partition coefficient (Wildman–Crippen LogP) is 1.63. The average molecular weight is 353 g/mol. The number of benzene rings is 1. The Kier molecular flexibility index (Phi) is 8.21. The third kappa shape index (κ3) is 6.62. The van der Waals surface area contributed by atoms with Gasteiger partial charge in [-0.25, -0.2) is 0 Å². The van der Waals surface area contributed by atoms with Gasteiger partial charge in [0.1, 0.15) is 11.5 Å². The smallest absolute Gasteiger partial charge is 0.307 e. The van der Waals surface area contributed by atoms with Gasteiger partial charge in [-0.2, -0.15) is 0 Å². The highest BCUT2D eigenvalue weighted by atomic mass is 16.5. The Morgan fingerprint density at radius 1 is 1.12 bits per heavy atom. The zero-order chi connectivity index (χ0) is 18.9. The number of methoxy groups -OCH3 is 1. The summed E-state index contributed by atoms with van der Waals surface area (Å²) in [5.74, 6) is 0.518. The number of rotatable bonds is 10. The van der Waals surface area contributed by atoms with E-state index in [-0.39, 0.29) is 32.1 Å². The van der Waals surface area contributed by atoms with Gasteiger partial charge in [0.2, 0.25) is 0 Å². The molecule has 0 bridgehead atoms. The Bertz CT molecular complexity index is 555. The molecule has 1 amide bonds. The first-order valence-corrected chi connectivity index (χ1v) is 8.18. The van der Waals surface area contributed by atoms with E-state index in [0.717, 1.165) is 5.75 Å². The van der Waals surface area contributed by atoms with Gasteiger partial charge >= 0.3 is 5.97 Å². The van der Waals surface area contributed by atoms with E-state index < -0.39 is 11.5 Å². The first kappa shape index (κ1) is 20.8. The van der Waals surface area contributed by atoms with E-state index in [1.165, 1.54) is 12.0 Å². The van der Waals surface area contributed by atoms with Crippen molar-refractivity contribution in [3.05, 3.63) is 24.3 Å². The van der Waals surface area contributed by atoms with Crippen molar-refractivity contribution in [1.29, 1.82) is 0 Å². The minimum atomic E-state index is -0.812. The van der Waals surface area contributed by atoms with Crippen molar-refractivity contribution in [2.45, 2.75) is 32.7 Å². The molecule has 0 aliphatic heterocycles. The Labute approximate surface area is 148 Å². The fourth-order valence-corrected chi connectivity index (χ4v) is 2.18. The summed E-state index contributed by atoms with van der Waals surface area (Å²) >= 11 is 0. The van der Waals surface area contributed by atoms with E-state index in [1.54, 1.807) is 38.1 Å². The van der Waals surface area contributed by atoms with Gasteiger partial charge < -0.3 is 24.2 Å². The molecule has 1 rings (SSSR count). The second-order valence-corrected chi connectivity index (χ2v) is 6.04. The monoisotopic (exact) mass is 353 g/mol. The number of hydrogen-bond acceptors (Lipinski definition) is 6. The topological polar surface area (TPSA) is 85.3 Å². The first-order valence-electron chi connectivity index (χ1n) is 8.18. The molecule has 0 radical (unpaired) electrons. The molecule has 0 saturated heterocycles. The number of hydrogen-bond donors (Lipinski definition) is 1. The number of esters is 1. The lowest BCUT2D eigenvalue weighted by Gasteiger charge is -2.37. The highest BCUT2D eigenvalue weighted by Crippen LogP contribution is 2.19. The van der Waals surface area contributed by atoms with E-state index >= 15 is 0 Å². The van der Waals surface area contributed by atoms with Crippen molar-refractivity contribution in [2.75, 3.05) is 33.5 Å². The SMILES string of the molecule is CCOc1ccc(OCC(=O)N(CCC(=O)OC)C(C)(C)CO)cc1. The standard InChI is InChI=1S/C18H27NO6/c1-5-24-14-6-8-15(9-7-14)25-12-16(21)19(18(2,3)13-20)11-10-17(22)23-4/h6-9,20H,5,10-13H2,1-4H3. The first-order chi connectivity index (χ1) is 11.8. The maximum atomic E-state index is 12.5. The van der Waals surface area contributed by atoms with E-state index in [9.17, 15) is 14.7 Å². The molecule has 25 heavy (non-hydrogen) atoms. The number of carbonyl (C=O) groups excluding carboxylic acids is 2. The summed E-state index contributed by atoms with van der Waals surface area (Å²) in [7, 11) is 1.29. The molecule has 7 heteroatoms. The Morgan fingerprint density at radius 2 is 1.68 bits per heavy atom. The van der Waals surface area contributed by atoms with E-state index in [2.05, 4.69) is 4.74 Å². The molecule has 0 saturated carbocycles. The minimum absolute atomic E-state index is 0.0503. The molecular weight excluding hydrogens is 326 g/mol. The van der Waals surface area contributed by atoms with E-state index in [4.69, 9.17) is 9.47 Å². The summed E-state index contributed by atoms with van der Waals surface area (Å²) in [6.45, 7) is 5.63. The molecule has 0 spiro atoms. The zero-order valence-corrected chi connectivity index (χ0v) is 15.3.